The van der Waals surface area contributed by atoms with E-state index >= 15 is 0 Å². The summed E-state index contributed by atoms with van der Waals surface area (Å²) in [6.45, 7) is 3.62. The number of rotatable bonds is 4. The first-order valence-electron chi connectivity index (χ1n) is 2.06. The third-order valence-corrected chi connectivity index (χ3v) is 1.10. The van der Waals surface area contributed by atoms with E-state index in [0.717, 1.165) is 0 Å². The highest BCUT2D eigenvalue weighted by molar-refractivity contribution is 7.33. The molecule has 0 saturated heterocycles. The molecule has 0 N–H and O–H groups in total. The van der Waals surface area contributed by atoms with Crippen LogP contribution in [0.4, 0.5) is 0 Å². The van der Waals surface area contributed by atoms with Crippen molar-refractivity contribution in [2.75, 3.05) is 13.7 Å². The molecule has 4 heteroatoms. The maximum absolute atomic E-state index is 10.2. The lowest BCUT2D eigenvalue weighted by Gasteiger charge is -1.76. The standard InChI is InChI=1S/C4H8O3P/c1-3-4-7-8(5)6-2/h3H,1,4H2,2H3/q+1. The maximum Gasteiger partial charge on any atom is 0.697 e. The molecule has 1 unspecified atom stereocenters. The Balaban J connectivity index is 3.11. The monoisotopic (exact) mass is 135 g/mol. The Morgan fingerprint density at radius 1 is 1.88 bits per heavy atom. The smallest absolute Gasteiger partial charge is 0.122 e. The van der Waals surface area contributed by atoms with Crippen molar-refractivity contribution in [2.24, 2.45) is 0 Å². The van der Waals surface area contributed by atoms with Crippen molar-refractivity contribution >= 4 is 8.25 Å². The zero-order chi connectivity index (χ0) is 6.41. The predicted molar refractivity (Wildman–Crippen MR) is 30.8 cm³/mol. The van der Waals surface area contributed by atoms with E-state index in [0.29, 0.717) is 0 Å². The minimum absolute atomic E-state index is 0.267. The van der Waals surface area contributed by atoms with Crippen molar-refractivity contribution in [2.45, 2.75) is 0 Å². The Morgan fingerprint density at radius 3 is 2.88 bits per heavy atom. The van der Waals surface area contributed by atoms with Gasteiger partial charge < -0.3 is 0 Å². The molecular weight excluding hydrogens is 127 g/mol. The van der Waals surface area contributed by atoms with Crippen LogP contribution in [-0.4, -0.2) is 13.7 Å². The Labute approximate surface area is 49.2 Å². The van der Waals surface area contributed by atoms with Crippen molar-refractivity contribution in [3.63, 3.8) is 0 Å². The second-order valence-corrected chi connectivity index (χ2v) is 2.06. The summed E-state index contributed by atoms with van der Waals surface area (Å²) in [5.74, 6) is 0. The molecule has 1 atom stereocenters. The molecule has 0 spiro atoms. The molecule has 0 aromatic heterocycles. The van der Waals surface area contributed by atoms with Gasteiger partial charge in [-0.3, -0.25) is 0 Å². The lowest BCUT2D eigenvalue weighted by molar-refractivity contribution is 0.280. The molecule has 0 fully saturated rings. The summed E-state index contributed by atoms with van der Waals surface area (Å²) in [5, 5.41) is 0. The van der Waals surface area contributed by atoms with E-state index in [1.165, 1.54) is 13.2 Å². The molecule has 46 valence electrons. The fourth-order valence-corrected chi connectivity index (χ4v) is 0.499. The molecule has 3 nitrogen and oxygen atoms in total. The van der Waals surface area contributed by atoms with Gasteiger partial charge in [-0.05, 0) is 0 Å². The van der Waals surface area contributed by atoms with Crippen molar-refractivity contribution in [1.82, 2.24) is 0 Å². The van der Waals surface area contributed by atoms with Gasteiger partial charge in [-0.15, -0.1) is 15.6 Å². The second-order valence-electron chi connectivity index (χ2n) is 0.991. The van der Waals surface area contributed by atoms with E-state index in [1.54, 1.807) is 0 Å². The van der Waals surface area contributed by atoms with E-state index in [-0.39, 0.29) is 6.61 Å². The molecule has 0 aliphatic carbocycles. The molecule has 0 amide bonds. The van der Waals surface area contributed by atoms with Crippen LogP contribution in [0.2, 0.25) is 0 Å². The fraction of sp³-hybridized carbons (Fsp3) is 0.500. The molecule has 0 saturated carbocycles. The SMILES string of the molecule is C=CCO[P+](=O)OC. The first kappa shape index (κ1) is 7.76. The van der Waals surface area contributed by atoms with Crippen LogP contribution in [0.15, 0.2) is 12.7 Å². The summed E-state index contributed by atoms with van der Waals surface area (Å²) in [4.78, 5) is 0. The predicted octanol–water partition coefficient (Wildman–Crippen LogP) is 1.49. The van der Waals surface area contributed by atoms with E-state index in [2.05, 4.69) is 15.6 Å². The quantitative estimate of drug-likeness (QED) is 0.432. The van der Waals surface area contributed by atoms with Gasteiger partial charge >= 0.3 is 8.25 Å². The topological polar surface area (TPSA) is 35.5 Å². The van der Waals surface area contributed by atoms with E-state index in [9.17, 15) is 4.57 Å². The lowest BCUT2D eigenvalue weighted by Crippen LogP contribution is -1.78. The average molecular weight is 135 g/mol. The molecule has 0 aliphatic rings. The Hall–Kier alpha value is -0.240. The molecule has 0 aliphatic heterocycles. The van der Waals surface area contributed by atoms with Gasteiger partial charge in [0.25, 0.3) is 0 Å². The summed E-state index contributed by atoms with van der Waals surface area (Å²) < 4.78 is 19.0. The van der Waals surface area contributed by atoms with Crippen LogP contribution in [0.1, 0.15) is 0 Å². The Kier molecular flexibility index (Phi) is 4.76. The number of hydrogen-bond donors (Lipinski definition) is 0. The Bertz CT molecular complexity index is 91.3. The summed E-state index contributed by atoms with van der Waals surface area (Å²) >= 11 is 0. The zero-order valence-corrected chi connectivity index (χ0v) is 5.56. The van der Waals surface area contributed by atoms with Gasteiger partial charge in [-0.25, -0.2) is 0 Å². The van der Waals surface area contributed by atoms with Gasteiger partial charge in [-0.2, -0.15) is 0 Å². The second kappa shape index (κ2) is 4.91. The van der Waals surface area contributed by atoms with E-state index in [4.69, 9.17) is 0 Å². The Morgan fingerprint density at radius 2 is 2.50 bits per heavy atom. The van der Waals surface area contributed by atoms with Crippen molar-refractivity contribution in [1.29, 1.82) is 0 Å². The van der Waals surface area contributed by atoms with Crippen LogP contribution in [-0.2, 0) is 13.6 Å². The fourth-order valence-electron chi connectivity index (χ4n) is 0.166. The van der Waals surface area contributed by atoms with Crippen LogP contribution in [0.3, 0.4) is 0 Å². The number of hydrogen-bond acceptors (Lipinski definition) is 3. The molecule has 0 aromatic rings. The molecule has 0 rings (SSSR count). The largest absolute Gasteiger partial charge is 0.697 e. The highest BCUT2D eigenvalue weighted by Crippen LogP contribution is 2.20. The molecule has 0 bridgehead atoms. The molecule has 0 aromatic carbocycles. The van der Waals surface area contributed by atoms with Crippen LogP contribution < -0.4 is 0 Å². The van der Waals surface area contributed by atoms with Gasteiger partial charge in [0, 0.05) is 4.57 Å². The lowest BCUT2D eigenvalue weighted by atomic mass is 10.7. The molecule has 8 heavy (non-hydrogen) atoms. The summed E-state index contributed by atoms with van der Waals surface area (Å²) in [5.41, 5.74) is 0. The van der Waals surface area contributed by atoms with Gasteiger partial charge in [0.1, 0.15) is 6.61 Å². The molecule has 0 radical (unpaired) electrons. The highest BCUT2D eigenvalue weighted by atomic mass is 31.1. The van der Waals surface area contributed by atoms with Crippen LogP contribution in [0.25, 0.3) is 0 Å². The summed E-state index contributed by atoms with van der Waals surface area (Å²) in [7, 11) is -0.584. The van der Waals surface area contributed by atoms with Crippen molar-refractivity contribution in [3.05, 3.63) is 12.7 Å². The minimum Gasteiger partial charge on any atom is -0.122 e. The summed E-state index contributed by atoms with van der Waals surface area (Å²) in [6, 6.07) is 0. The van der Waals surface area contributed by atoms with Crippen LogP contribution in [0.5, 0.6) is 0 Å². The summed E-state index contributed by atoms with van der Waals surface area (Å²) in [6.07, 6.45) is 1.51. The minimum atomic E-state index is -1.91. The van der Waals surface area contributed by atoms with Crippen molar-refractivity contribution in [3.8, 4) is 0 Å². The van der Waals surface area contributed by atoms with E-state index in [1.807, 2.05) is 0 Å². The zero-order valence-electron chi connectivity index (χ0n) is 4.66. The first-order valence-corrected chi connectivity index (χ1v) is 3.16. The van der Waals surface area contributed by atoms with Crippen LogP contribution >= 0.6 is 8.25 Å². The maximum atomic E-state index is 10.2. The molecular formula is C4H8O3P+. The average Bonchev–Trinajstić information content (AvgIpc) is 1.83. The first-order chi connectivity index (χ1) is 3.81. The van der Waals surface area contributed by atoms with Gasteiger partial charge in [0.05, 0.1) is 7.11 Å². The van der Waals surface area contributed by atoms with Gasteiger partial charge in [0.15, 0.2) is 0 Å². The van der Waals surface area contributed by atoms with E-state index < -0.39 is 8.25 Å². The third-order valence-electron chi connectivity index (χ3n) is 0.447. The van der Waals surface area contributed by atoms with Crippen molar-refractivity contribution < 1.29 is 13.6 Å². The third kappa shape index (κ3) is 3.93. The van der Waals surface area contributed by atoms with Gasteiger partial charge in [0.2, 0.25) is 0 Å². The van der Waals surface area contributed by atoms with Crippen LogP contribution in [0, 0.1) is 0 Å². The highest BCUT2D eigenvalue weighted by Gasteiger charge is 2.13. The normalized spacial score (nSPS) is 10.9. The van der Waals surface area contributed by atoms with Gasteiger partial charge in [-0.1, -0.05) is 6.08 Å². The molecule has 0 heterocycles.